The molecule has 1 aromatic rings. The third-order valence-electron chi connectivity index (χ3n) is 6.55. The summed E-state index contributed by atoms with van der Waals surface area (Å²) in [7, 11) is 0. The maximum atomic E-state index is 12.4. The molecule has 1 aliphatic heterocycles. The van der Waals surface area contributed by atoms with E-state index in [0.717, 1.165) is 55.8 Å². The zero-order valence-electron chi connectivity index (χ0n) is 15.7. The number of hydrogen-bond donors (Lipinski definition) is 2. The second-order valence-corrected chi connectivity index (χ2v) is 8.73. The Morgan fingerprint density at radius 3 is 2.63 bits per heavy atom. The fourth-order valence-electron chi connectivity index (χ4n) is 5.20. The van der Waals surface area contributed by atoms with Crippen molar-refractivity contribution >= 4 is 34.8 Å². The molecule has 2 N–H and O–H groups in total. The van der Waals surface area contributed by atoms with Gasteiger partial charge in [-0.25, -0.2) is 0 Å². The number of hydrogen-bond acceptors (Lipinski definition) is 3. The van der Waals surface area contributed by atoms with Crippen LogP contribution in [0.5, 0.6) is 0 Å². The molecule has 146 valence electrons. The van der Waals surface area contributed by atoms with E-state index in [1.165, 1.54) is 25.7 Å². The normalized spacial score (nSPS) is 26.4. The monoisotopic (exact) mass is 389 g/mol. The Morgan fingerprint density at radius 1 is 1.11 bits per heavy atom. The van der Waals surface area contributed by atoms with E-state index in [2.05, 4.69) is 15.5 Å². The van der Waals surface area contributed by atoms with Crippen LogP contribution in [0.25, 0.3) is 0 Å². The number of anilines is 2. The minimum atomic E-state index is -0.620. The van der Waals surface area contributed by atoms with Crippen LogP contribution in [0.3, 0.4) is 0 Å². The number of benzene rings is 1. The van der Waals surface area contributed by atoms with Crippen LogP contribution in [0.15, 0.2) is 18.2 Å². The van der Waals surface area contributed by atoms with Gasteiger partial charge in [0, 0.05) is 24.7 Å². The first-order valence-electron chi connectivity index (χ1n) is 10.2. The van der Waals surface area contributed by atoms with Gasteiger partial charge in [-0.2, -0.15) is 0 Å². The van der Waals surface area contributed by atoms with E-state index in [9.17, 15) is 9.59 Å². The molecule has 6 heteroatoms. The van der Waals surface area contributed by atoms with Crippen molar-refractivity contribution < 1.29 is 9.59 Å². The lowest BCUT2D eigenvalue weighted by molar-refractivity contribution is -0.136. The largest absolute Gasteiger partial charge is 0.370 e. The van der Waals surface area contributed by atoms with Gasteiger partial charge < -0.3 is 15.5 Å². The van der Waals surface area contributed by atoms with Gasteiger partial charge in [-0.05, 0) is 74.5 Å². The summed E-state index contributed by atoms with van der Waals surface area (Å²) in [5.41, 5.74) is 1.54. The second kappa shape index (κ2) is 8.09. The number of amides is 2. The molecule has 0 unspecified atom stereocenters. The van der Waals surface area contributed by atoms with Crippen molar-refractivity contribution in [2.24, 2.45) is 17.8 Å². The lowest BCUT2D eigenvalue weighted by Crippen LogP contribution is -2.37. The van der Waals surface area contributed by atoms with Crippen LogP contribution in [0, 0.1) is 17.8 Å². The van der Waals surface area contributed by atoms with Crippen molar-refractivity contribution in [2.45, 2.75) is 44.9 Å². The molecule has 0 spiro atoms. The van der Waals surface area contributed by atoms with Crippen LogP contribution in [0.2, 0.25) is 5.02 Å². The van der Waals surface area contributed by atoms with Gasteiger partial charge in [-0.3, -0.25) is 9.59 Å². The predicted molar refractivity (Wildman–Crippen MR) is 108 cm³/mol. The molecule has 27 heavy (non-hydrogen) atoms. The van der Waals surface area contributed by atoms with Crippen LogP contribution in [0.4, 0.5) is 11.4 Å². The molecule has 1 aromatic carbocycles. The minimum Gasteiger partial charge on any atom is -0.370 e. The second-order valence-electron chi connectivity index (χ2n) is 8.29. The Morgan fingerprint density at radius 2 is 1.93 bits per heavy atom. The van der Waals surface area contributed by atoms with E-state index in [1.54, 1.807) is 6.07 Å². The molecule has 5 nitrogen and oxygen atoms in total. The van der Waals surface area contributed by atoms with E-state index in [-0.39, 0.29) is 0 Å². The summed E-state index contributed by atoms with van der Waals surface area (Å²) in [6.45, 7) is 2.50. The summed E-state index contributed by atoms with van der Waals surface area (Å²) in [6, 6.07) is 5.45. The van der Waals surface area contributed by atoms with Gasteiger partial charge in [0.2, 0.25) is 0 Å². The van der Waals surface area contributed by atoms with Crippen LogP contribution in [-0.4, -0.2) is 31.4 Å². The molecule has 2 amide bonds. The zero-order chi connectivity index (χ0) is 18.8. The van der Waals surface area contributed by atoms with Gasteiger partial charge in [0.05, 0.1) is 11.4 Å². The summed E-state index contributed by atoms with van der Waals surface area (Å²) in [4.78, 5) is 26.8. The molecule has 3 atom stereocenters. The predicted octanol–water partition coefficient (Wildman–Crippen LogP) is 3.82. The van der Waals surface area contributed by atoms with Crippen molar-refractivity contribution in [3.8, 4) is 0 Å². The Kier molecular flexibility index (Phi) is 5.58. The lowest BCUT2D eigenvalue weighted by atomic mass is 9.86. The highest BCUT2D eigenvalue weighted by Gasteiger charge is 2.38. The highest BCUT2D eigenvalue weighted by Crippen LogP contribution is 2.49. The number of carbonyl (C=O) groups excluding carboxylic acids is 2. The van der Waals surface area contributed by atoms with Crippen LogP contribution in [-0.2, 0) is 9.59 Å². The fraction of sp³-hybridized carbons (Fsp3) is 0.619. The van der Waals surface area contributed by atoms with E-state index < -0.39 is 11.8 Å². The molecule has 1 saturated heterocycles. The van der Waals surface area contributed by atoms with Gasteiger partial charge in [-0.15, -0.1) is 0 Å². The number of fused-ring (bicyclic) bond motifs is 2. The molecular formula is C21H28ClN3O2. The maximum absolute atomic E-state index is 12.4. The maximum Gasteiger partial charge on any atom is 0.313 e. The highest BCUT2D eigenvalue weighted by molar-refractivity contribution is 6.40. The third-order valence-corrected chi connectivity index (χ3v) is 6.78. The van der Waals surface area contributed by atoms with Gasteiger partial charge in [-0.1, -0.05) is 18.0 Å². The molecule has 1 heterocycles. The molecule has 3 fully saturated rings. The van der Waals surface area contributed by atoms with E-state index in [0.29, 0.717) is 17.3 Å². The molecule has 3 aliphatic rings. The smallest absolute Gasteiger partial charge is 0.313 e. The Labute approximate surface area is 165 Å². The van der Waals surface area contributed by atoms with E-state index >= 15 is 0 Å². The molecule has 4 rings (SSSR count). The zero-order valence-corrected chi connectivity index (χ0v) is 16.4. The van der Waals surface area contributed by atoms with Crippen molar-refractivity contribution in [2.75, 3.05) is 29.9 Å². The van der Waals surface area contributed by atoms with Gasteiger partial charge in [0.25, 0.3) is 0 Å². The summed E-state index contributed by atoms with van der Waals surface area (Å²) in [5.74, 6) is 1.29. The number of nitrogens with zero attached hydrogens (tertiary/aromatic N) is 1. The number of halogens is 1. The number of nitrogens with one attached hydrogen (secondary N) is 2. The summed E-state index contributed by atoms with van der Waals surface area (Å²) >= 11 is 6.10. The topological polar surface area (TPSA) is 61.4 Å². The lowest BCUT2D eigenvalue weighted by Gasteiger charge is -2.22. The van der Waals surface area contributed by atoms with E-state index in [4.69, 9.17) is 11.6 Å². The van der Waals surface area contributed by atoms with Gasteiger partial charge in [0.1, 0.15) is 0 Å². The first-order valence-corrected chi connectivity index (χ1v) is 10.6. The number of carbonyl (C=O) groups is 2. The van der Waals surface area contributed by atoms with Crippen LogP contribution in [0.1, 0.15) is 44.9 Å². The SMILES string of the molecule is O=C(NCC[C@@H]1C[C@H]2CC[C@H]1C2)C(=O)Nc1cc(Cl)ccc1N1CCCC1. The van der Waals surface area contributed by atoms with Crippen molar-refractivity contribution in [3.05, 3.63) is 23.2 Å². The molecule has 2 saturated carbocycles. The Bertz CT molecular complexity index is 717. The Balaban J connectivity index is 1.30. The highest BCUT2D eigenvalue weighted by atomic mass is 35.5. The Hall–Kier alpha value is -1.75. The first-order chi connectivity index (χ1) is 13.1. The van der Waals surface area contributed by atoms with Gasteiger partial charge >= 0.3 is 11.8 Å². The quantitative estimate of drug-likeness (QED) is 0.752. The molecule has 0 radical (unpaired) electrons. The van der Waals surface area contributed by atoms with E-state index in [1.807, 2.05) is 12.1 Å². The minimum absolute atomic E-state index is 0.546. The average molecular weight is 390 g/mol. The summed E-state index contributed by atoms with van der Waals surface area (Å²) < 4.78 is 0. The summed E-state index contributed by atoms with van der Waals surface area (Å²) in [6.07, 6.45) is 8.66. The van der Waals surface area contributed by atoms with Crippen LogP contribution < -0.4 is 15.5 Å². The summed E-state index contributed by atoms with van der Waals surface area (Å²) in [5, 5.41) is 6.10. The molecule has 0 aromatic heterocycles. The molecular weight excluding hydrogens is 362 g/mol. The van der Waals surface area contributed by atoms with Crippen molar-refractivity contribution in [1.29, 1.82) is 0 Å². The number of rotatable bonds is 5. The standard InChI is InChI=1S/C21H28ClN3O2/c22-17-5-6-19(25-9-1-2-10-25)18(13-17)24-21(27)20(26)23-8-7-16-12-14-3-4-15(16)11-14/h5-6,13-16H,1-4,7-12H2,(H,23,26)(H,24,27)/t14-,15-,16+/m0/s1. The van der Waals surface area contributed by atoms with Crippen molar-refractivity contribution in [3.63, 3.8) is 0 Å². The molecule has 2 aliphatic carbocycles. The molecule has 2 bridgehead atoms. The van der Waals surface area contributed by atoms with Crippen molar-refractivity contribution in [1.82, 2.24) is 5.32 Å². The third kappa shape index (κ3) is 4.23. The average Bonchev–Trinajstić information content (AvgIpc) is 3.40. The first kappa shape index (κ1) is 18.6. The van der Waals surface area contributed by atoms with Crippen LogP contribution >= 0.6 is 11.6 Å². The van der Waals surface area contributed by atoms with Gasteiger partial charge in [0.15, 0.2) is 0 Å². The fourth-order valence-corrected chi connectivity index (χ4v) is 5.37.